The van der Waals surface area contributed by atoms with E-state index in [4.69, 9.17) is 4.74 Å². The minimum Gasteiger partial charge on any atom is -0.494 e. The number of alkyl halides is 3. The van der Waals surface area contributed by atoms with E-state index < -0.39 is 34.1 Å². The maximum Gasteiger partial charge on any atom is 0.573 e. The zero-order valence-electron chi connectivity index (χ0n) is 17.1. The van der Waals surface area contributed by atoms with Crippen molar-refractivity contribution in [2.24, 2.45) is 0 Å². The topological polar surface area (TPSA) is 84.9 Å². The first kappa shape index (κ1) is 24.3. The van der Waals surface area contributed by atoms with E-state index in [1.54, 1.807) is 19.1 Å². The van der Waals surface area contributed by atoms with E-state index in [0.717, 1.165) is 22.7 Å². The molecule has 0 heterocycles. The summed E-state index contributed by atoms with van der Waals surface area (Å²) in [6.45, 7) is 3.91. The minimum atomic E-state index is -4.83. The number of carbonyl (C=O) groups is 1. The highest BCUT2D eigenvalue weighted by atomic mass is 32.2. The maximum atomic E-state index is 12.8. The standard InChI is InChI=1S/C20H23F3N2O5S/c1-4-18(19(26)24-14-6-10-17(11-7-14)30-20(21,22)23)25(31(3,27)28)15-8-12-16(13-9-15)29-5-2/h6-13,18H,4-5H2,1-3H3,(H,24,26)/t18-/m1/s1. The van der Waals surface area contributed by atoms with Crippen molar-refractivity contribution in [2.45, 2.75) is 32.7 Å². The third-order valence-corrected chi connectivity index (χ3v) is 5.27. The van der Waals surface area contributed by atoms with Crippen LogP contribution in [0.4, 0.5) is 24.5 Å². The van der Waals surface area contributed by atoms with Crippen LogP contribution in [0.15, 0.2) is 48.5 Å². The Kier molecular flexibility index (Phi) is 7.77. The molecule has 0 aliphatic rings. The molecule has 0 aliphatic carbocycles. The summed E-state index contributed by atoms with van der Waals surface area (Å²) in [4.78, 5) is 12.8. The lowest BCUT2D eigenvalue weighted by Crippen LogP contribution is -2.46. The summed E-state index contributed by atoms with van der Waals surface area (Å²) in [6.07, 6.45) is -3.68. The van der Waals surface area contributed by atoms with Gasteiger partial charge in [0.15, 0.2) is 0 Å². The van der Waals surface area contributed by atoms with E-state index >= 15 is 0 Å². The van der Waals surface area contributed by atoms with Crippen molar-refractivity contribution in [2.75, 3.05) is 22.5 Å². The Morgan fingerprint density at radius 1 is 1.03 bits per heavy atom. The van der Waals surface area contributed by atoms with Crippen LogP contribution in [0.5, 0.6) is 11.5 Å². The molecule has 7 nitrogen and oxygen atoms in total. The molecule has 2 rings (SSSR count). The lowest BCUT2D eigenvalue weighted by molar-refractivity contribution is -0.274. The molecular formula is C20H23F3N2O5S. The van der Waals surface area contributed by atoms with E-state index in [-0.39, 0.29) is 17.8 Å². The maximum absolute atomic E-state index is 12.8. The van der Waals surface area contributed by atoms with Gasteiger partial charge in [0.2, 0.25) is 15.9 Å². The Morgan fingerprint density at radius 2 is 1.58 bits per heavy atom. The monoisotopic (exact) mass is 460 g/mol. The van der Waals surface area contributed by atoms with E-state index in [1.807, 2.05) is 6.92 Å². The summed E-state index contributed by atoms with van der Waals surface area (Å²) in [5.74, 6) is -0.519. The summed E-state index contributed by atoms with van der Waals surface area (Å²) in [5, 5.41) is 2.53. The van der Waals surface area contributed by atoms with Gasteiger partial charge in [0.1, 0.15) is 17.5 Å². The normalized spacial score (nSPS) is 12.7. The van der Waals surface area contributed by atoms with Crippen LogP contribution in [0.25, 0.3) is 0 Å². The Labute approximate surface area is 178 Å². The molecule has 0 aromatic heterocycles. The molecule has 11 heteroatoms. The number of nitrogens with zero attached hydrogens (tertiary/aromatic N) is 1. The summed E-state index contributed by atoms with van der Waals surface area (Å²) >= 11 is 0. The van der Waals surface area contributed by atoms with Gasteiger partial charge >= 0.3 is 6.36 Å². The molecule has 1 atom stereocenters. The molecule has 0 unspecified atom stereocenters. The van der Waals surface area contributed by atoms with Gasteiger partial charge in [-0.05, 0) is 61.9 Å². The van der Waals surface area contributed by atoms with Crippen LogP contribution in [-0.4, -0.2) is 39.6 Å². The molecule has 1 amide bonds. The Morgan fingerprint density at radius 3 is 2.03 bits per heavy atom. The van der Waals surface area contributed by atoms with Crippen molar-refractivity contribution in [3.63, 3.8) is 0 Å². The summed E-state index contributed by atoms with van der Waals surface area (Å²) in [6, 6.07) is 9.73. The molecule has 0 aliphatic heterocycles. The molecule has 0 saturated heterocycles. The second kappa shape index (κ2) is 9.90. The van der Waals surface area contributed by atoms with Gasteiger partial charge in [-0.1, -0.05) is 6.92 Å². The Balaban J connectivity index is 2.24. The van der Waals surface area contributed by atoms with Gasteiger partial charge < -0.3 is 14.8 Å². The number of benzene rings is 2. The van der Waals surface area contributed by atoms with Gasteiger partial charge in [0.05, 0.1) is 18.6 Å². The van der Waals surface area contributed by atoms with Gasteiger partial charge in [-0.25, -0.2) is 8.42 Å². The molecule has 170 valence electrons. The average Bonchev–Trinajstić information content (AvgIpc) is 2.66. The van der Waals surface area contributed by atoms with Gasteiger partial charge in [-0.15, -0.1) is 13.2 Å². The zero-order chi connectivity index (χ0) is 23.2. The summed E-state index contributed by atoms with van der Waals surface area (Å²) in [7, 11) is -3.83. The van der Waals surface area contributed by atoms with Crippen LogP contribution in [0.3, 0.4) is 0 Å². The van der Waals surface area contributed by atoms with Gasteiger partial charge in [0.25, 0.3) is 0 Å². The first-order chi connectivity index (χ1) is 14.4. The predicted molar refractivity (Wildman–Crippen MR) is 111 cm³/mol. The van der Waals surface area contributed by atoms with Crippen LogP contribution in [0.1, 0.15) is 20.3 Å². The number of rotatable bonds is 9. The smallest absolute Gasteiger partial charge is 0.494 e. The first-order valence-corrected chi connectivity index (χ1v) is 11.2. The Hall–Kier alpha value is -2.95. The summed E-state index contributed by atoms with van der Waals surface area (Å²) in [5.41, 5.74) is 0.472. The highest BCUT2D eigenvalue weighted by Gasteiger charge is 2.32. The fraction of sp³-hybridized carbons (Fsp3) is 0.350. The van der Waals surface area contributed by atoms with Crippen molar-refractivity contribution in [1.29, 1.82) is 0 Å². The van der Waals surface area contributed by atoms with Crippen LogP contribution >= 0.6 is 0 Å². The van der Waals surface area contributed by atoms with Crippen molar-refractivity contribution in [3.8, 4) is 11.5 Å². The molecule has 1 N–H and O–H groups in total. The highest BCUT2D eigenvalue weighted by molar-refractivity contribution is 7.92. The van der Waals surface area contributed by atoms with Gasteiger partial charge in [0, 0.05) is 5.69 Å². The summed E-state index contributed by atoms with van der Waals surface area (Å²) < 4.78 is 71.9. The number of amides is 1. The van der Waals surface area contributed by atoms with E-state index in [9.17, 15) is 26.4 Å². The second-order valence-corrected chi connectivity index (χ2v) is 8.33. The fourth-order valence-electron chi connectivity index (χ4n) is 2.88. The quantitative estimate of drug-likeness (QED) is 0.607. The van der Waals surface area contributed by atoms with Crippen molar-refractivity contribution < 1.29 is 35.9 Å². The molecular weight excluding hydrogens is 437 g/mol. The third kappa shape index (κ3) is 7.06. The number of halogens is 3. The molecule has 0 radical (unpaired) electrons. The second-order valence-electron chi connectivity index (χ2n) is 6.47. The van der Waals surface area contributed by atoms with Gasteiger partial charge in [-0.2, -0.15) is 0 Å². The zero-order valence-corrected chi connectivity index (χ0v) is 18.0. The highest BCUT2D eigenvalue weighted by Crippen LogP contribution is 2.27. The van der Waals surface area contributed by atoms with Crippen molar-refractivity contribution >= 4 is 27.3 Å². The lowest BCUT2D eigenvalue weighted by atomic mass is 10.1. The number of hydrogen-bond acceptors (Lipinski definition) is 5. The van der Waals surface area contributed by atoms with Crippen molar-refractivity contribution in [1.82, 2.24) is 0 Å². The van der Waals surface area contributed by atoms with Crippen LogP contribution in [-0.2, 0) is 14.8 Å². The SMILES string of the molecule is CCOc1ccc(N([C@H](CC)C(=O)Nc2ccc(OC(F)(F)F)cc2)S(C)(=O)=O)cc1. The predicted octanol–water partition coefficient (Wildman–Crippen LogP) is 4.17. The molecule has 2 aromatic rings. The average molecular weight is 460 g/mol. The van der Waals surface area contributed by atoms with Crippen LogP contribution in [0.2, 0.25) is 0 Å². The fourth-order valence-corrected chi connectivity index (χ4v) is 4.09. The number of nitrogens with one attached hydrogen (secondary N) is 1. The number of ether oxygens (including phenoxy) is 2. The molecule has 0 saturated carbocycles. The van der Waals surface area contributed by atoms with Crippen LogP contribution in [0, 0.1) is 0 Å². The number of sulfonamides is 1. The van der Waals surface area contributed by atoms with Crippen LogP contribution < -0.4 is 19.1 Å². The largest absolute Gasteiger partial charge is 0.573 e. The number of carbonyl (C=O) groups excluding carboxylic acids is 1. The molecule has 0 spiro atoms. The van der Waals surface area contributed by atoms with Gasteiger partial charge in [-0.3, -0.25) is 9.10 Å². The lowest BCUT2D eigenvalue weighted by Gasteiger charge is -2.30. The minimum absolute atomic E-state index is 0.154. The third-order valence-electron chi connectivity index (χ3n) is 4.09. The number of hydrogen-bond donors (Lipinski definition) is 1. The van der Waals surface area contributed by atoms with Crippen molar-refractivity contribution in [3.05, 3.63) is 48.5 Å². The molecule has 2 aromatic carbocycles. The number of anilines is 2. The van der Waals surface area contributed by atoms with E-state index in [1.165, 1.54) is 24.3 Å². The Bertz CT molecular complexity index is 977. The van der Waals surface area contributed by atoms with E-state index in [2.05, 4.69) is 10.1 Å². The first-order valence-electron chi connectivity index (χ1n) is 9.33. The molecule has 0 fully saturated rings. The molecule has 0 bridgehead atoms. The molecule has 31 heavy (non-hydrogen) atoms. The van der Waals surface area contributed by atoms with E-state index in [0.29, 0.717) is 12.4 Å².